The minimum atomic E-state index is -0.894. The molecular weight excluding hydrogens is 280 g/mol. The second-order valence-corrected chi connectivity index (χ2v) is 4.57. The molecule has 0 spiro atoms. The summed E-state index contributed by atoms with van der Waals surface area (Å²) >= 11 is 0. The van der Waals surface area contributed by atoms with Gasteiger partial charge in [-0.15, -0.1) is 0 Å². The van der Waals surface area contributed by atoms with Gasteiger partial charge in [-0.2, -0.15) is 0 Å². The van der Waals surface area contributed by atoms with Crippen molar-refractivity contribution in [3.8, 4) is 17.6 Å². The fraction of sp³-hybridized carbons (Fsp3) is 0.118. The second-order valence-electron chi connectivity index (χ2n) is 4.57. The molecule has 0 saturated heterocycles. The molecular formula is C17H16N2O3. The van der Waals surface area contributed by atoms with E-state index in [1.165, 1.54) is 0 Å². The van der Waals surface area contributed by atoms with Crippen molar-refractivity contribution in [3.05, 3.63) is 65.2 Å². The Morgan fingerprint density at radius 2 is 1.86 bits per heavy atom. The number of urea groups is 1. The Hall–Kier alpha value is -2.97. The summed E-state index contributed by atoms with van der Waals surface area (Å²) in [5, 5.41) is 9.79. The number of benzene rings is 2. The van der Waals surface area contributed by atoms with E-state index in [1.54, 1.807) is 19.2 Å². The second kappa shape index (κ2) is 7.16. The van der Waals surface area contributed by atoms with Crippen LogP contribution < -0.4 is 10.5 Å². The summed E-state index contributed by atoms with van der Waals surface area (Å²) in [6, 6.07) is 13.8. The van der Waals surface area contributed by atoms with Gasteiger partial charge >= 0.3 is 6.03 Å². The summed E-state index contributed by atoms with van der Waals surface area (Å²) < 4.78 is 5.09. The highest BCUT2D eigenvalue weighted by Gasteiger charge is 2.06. The zero-order valence-corrected chi connectivity index (χ0v) is 12.1. The lowest BCUT2D eigenvalue weighted by Gasteiger charge is -2.11. The molecule has 2 aromatic rings. The van der Waals surface area contributed by atoms with Crippen molar-refractivity contribution < 1.29 is 14.7 Å². The number of primary amides is 1. The topological polar surface area (TPSA) is 75.8 Å². The summed E-state index contributed by atoms with van der Waals surface area (Å²) in [7, 11) is 1.61. The van der Waals surface area contributed by atoms with E-state index in [0.29, 0.717) is 5.06 Å². The van der Waals surface area contributed by atoms with Gasteiger partial charge in [0.15, 0.2) is 0 Å². The van der Waals surface area contributed by atoms with E-state index in [2.05, 4.69) is 11.8 Å². The smallest absolute Gasteiger partial charge is 0.338 e. The highest BCUT2D eigenvalue weighted by atomic mass is 16.5. The molecule has 0 atom stereocenters. The van der Waals surface area contributed by atoms with Gasteiger partial charge in [-0.3, -0.25) is 5.21 Å². The lowest BCUT2D eigenvalue weighted by molar-refractivity contribution is -0.0470. The van der Waals surface area contributed by atoms with Gasteiger partial charge in [0.1, 0.15) is 5.75 Å². The Bertz CT molecular complexity index is 715. The van der Waals surface area contributed by atoms with Crippen molar-refractivity contribution in [3.63, 3.8) is 0 Å². The fourth-order valence-corrected chi connectivity index (χ4v) is 1.82. The van der Waals surface area contributed by atoms with Gasteiger partial charge in [0.2, 0.25) is 0 Å². The van der Waals surface area contributed by atoms with E-state index in [9.17, 15) is 10.0 Å². The minimum Gasteiger partial charge on any atom is -0.497 e. The Balaban J connectivity index is 2.13. The largest absolute Gasteiger partial charge is 0.497 e. The quantitative estimate of drug-likeness (QED) is 0.518. The molecule has 0 bridgehead atoms. The maximum absolute atomic E-state index is 10.8. The molecule has 0 unspecified atom stereocenters. The summed E-state index contributed by atoms with van der Waals surface area (Å²) in [4.78, 5) is 10.8. The predicted molar refractivity (Wildman–Crippen MR) is 82.3 cm³/mol. The molecule has 2 rings (SSSR count). The van der Waals surface area contributed by atoms with Gasteiger partial charge < -0.3 is 10.5 Å². The highest BCUT2D eigenvalue weighted by molar-refractivity contribution is 5.70. The van der Waals surface area contributed by atoms with Crippen LogP contribution in [0.2, 0.25) is 0 Å². The van der Waals surface area contributed by atoms with Gasteiger partial charge in [0.25, 0.3) is 0 Å². The third-order valence-corrected chi connectivity index (χ3v) is 2.95. The third kappa shape index (κ3) is 4.27. The van der Waals surface area contributed by atoms with Crippen LogP contribution in [0.3, 0.4) is 0 Å². The first kappa shape index (κ1) is 15.4. The number of ether oxygens (including phenoxy) is 1. The lowest BCUT2D eigenvalue weighted by Crippen LogP contribution is -2.31. The molecule has 0 saturated carbocycles. The molecule has 0 aliphatic heterocycles. The van der Waals surface area contributed by atoms with Crippen molar-refractivity contribution in [2.75, 3.05) is 7.11 Å². The first-order valence-electron chi connectivity index (χ1n) is 6.59. The summed E-state index contributed by atoms with van der Waals surface area (Å²) in [6.07, 6.45) is 0. The highest BCUT2D eigenvalue weighted by Crippen LogP contribution is 2.11. The van der Waals surface area contributed by atoms with Crippen LogP contribution in [-0.2, 0) is 6.54 Å². The fourth-order valence-electron chi connectivity index (χ4n) is 1.82. The number of amides is 2. The van der Waals surface area contributed by atoms with Gasteiger partial charge in [-0.05, 0) is 42.0 Å². The molecule has 2 aromatic carbocycles. The molecule has 0 aromatic heterocycles. The van der Waals surface area contributed by atoms with Crippen LogP contribution in [-0.4, -0.2) is 23.4 Å². The Labute approximate surface area is 128 Å². The van der Waals surface area contributed by atoms with Crippen LogP contribution in [0.5, 0.6) is 5.75 Å². The zero-order chi connectivity index (χ0) is 15.9. The van der Waals surface area contributed by atoms with E-state index in [-0.39, 0.29) is 6.54 Å². The number of methoxy groups -OCH3 is 1. The van der Waals surface area contributed by atoms with Crippen LogP contribution in [0.1, 0.15) is 16.7 Å². The number of carbonyl (C=O) groups excluding carboxylic acids is 1. The zero-order valence-electron chi connectivity index (χ0n) is 12.1. The molecule has 3 N–H and O–H groups in total. The van der Waals surface area contributed by atoms with Crippen molar-refractivity contribution in [2.45, 2.75) is 6.54 Å². The molecule has 2 amide bonds. The van der Waals surface area contributed by atoms with Gasteiger partial charge in [0, 0.05) is 11.1 Å². The summed E-state index contributed by atoms with van der Waals surface area (Å²) in [6.45, 7) is 0.0212. The van der Waals surface area contributed by atoms with Crippen LogP contribution in [0.4, 0.5) is 4.79 Å². The van der Waals surface area contributed by atoms with Crippen molar-refractivity contribution in [1.82, 2.24) is 5.06 Å². The SMILES string of the molecule is COc1ccc(C#Cc2cccc(CN(O)C(N)=O)c2)cc1. The first-order valence-corrected chi connectivity index (χ1v) is 6.59. The number of nitrogens with zero attached hydrogens (tertiary/aromatic N) is 1. The Morgan fingerprint density at radius 3 is 2.50 bits per heavy atom. The number of rotatable bonds is 3. The molecule has 5 heteroatoms. The maximum atomic E-state index is 10.8. The van der Waals surface area contributed by atoms with E-state index in [0.717, 1.165) is 22.4 Å². The number of hydrogen-bond donors (Lipinski definition) is 2. The molecule has 0 fully saturated rings. The predicted octanol–water partition coefficient (Wildman–Crippen LogP) is 2.36. The number of nitrogens with two attached hydrogens (primary N) is 1. The summed E-state index contributed by atoms with van der Waals surface area (Å²) in [5.74, 6) is 6.86. The van der Waals surface area contributed by atoms with E-state index < -0.39 is 6.03 Å². The monoisotopic (exact) mass is 296 g/mol. The molecule has 112 valence electrons. The molecule has 0 aliphatic rings. The Morgan fingerprint density at radius 1 is 1.18 bits per heavy atom. The van der Waals surface area contributed by atoms with Gasteiger partial charge in [-0.25, -0.2) is 9.86 Å². The van der Waals surface area contributed by atoms with Crippen LogP contribution in [0.25, 0.3) is 0 Å². The van der Waals surface area contributed by atoms with Crippen molar-refractivity contribution in [1.29, 1.82) is 0 Å². The van der Waals surface area contributed by atoms with Crippen LogP contribution in [0.15, 0.2) is 48.5 Å². The van der Waals surface area contributed by atoms with Gasteiger partial charge in [-0.1, -0.05) is 24.0 Å². The molecule has 5 nitrogen and oxygen atoms in total. The maximum Gasteiger partial charge on any atom is 0.338 e. The minimum absolute atomic E-state index is 0.0212. The molecule has 0 aliphatic carbocycles. The average molecular weight is 296 g/mol. The summed E-state index contributed by atoms with van der Waals surface area (Å²) in [5.41, 5.74) is 7.37. The average Bonchev–Trinajstić information content (AvgIpc) is 2.53. The van der Waals surface area contributed by atoms with E-state index in [4.69, 9.17) is 10.5 Å². The third-order valence-electron chi connectivity index (χ3n) is 2.95. The normalized spacial score (nSPS) is 9.55. The number of hydrogen-bond acceptors (Lipinski definition) is 3. The molecule has 0 heterocycles. The van der Waals surface area contributed by atoms with Crippen LogP contribution in [0, 0.1) is 11.8 Å². The van der Waals surface area contributed by atoms with Crippen LogP contribution >= 0.6 is 0 Å². The molecule has 22 heavy (non-hydrogen) atoms. The van der Waals surface area contributed by atoms with Crippen molar-refractivity contribution >= 4 is 6.03 Å². The lowest BCUT2D eigenvalue weighted by atomic mass is 10.1. The standard InChI is InChI=1S/C17H16N2O3/c1-22-16-9-7-13(8-10-16)5-6-14-3-2-4-15(11-14)12-19(21)17(18)20/h2-4,7-11,21H,12H2,1H3,(H2,18,20). The van der Waals surface area contributed by atoms with E-state index >= 15 is 0 Å². The number of carbonyl (C=O) groups is 1. The molecule has 0 radical (unpaired) electrons. The van der Waals surface area contributed by atoms with Crippen molar-refractivity contribution in [2.24, 2.45) is 5.73 Å². The van der Waals surface area contributed by atoms with Gasteiger partial charge in [0.05, 0.1) is 13.7 Å². The number of hydroxylamine groups is 2. The first-order chi connectivity index (χ1) is 10.6. The van der Waals surface area contributed by atoms with E-state index in [1.807, 2.05) is 36.4 Å². The Kier molecular flexibility index (Phi) is 5.02.